The summed E-state index contributed by atoms with van der Waals surface area (Å²) in [5, 5.41) is 9.99. The minimum atomic E-state index is -4.05. The molecule has 0 atom stereocenters. The number of carboxylic acids is 1. The SMILES string of the molecule is Cc1cc(C)cc(S(=O)(=O)c2c(C(=O)O)[nH]c3ccc(-n4cccc4)cc23)c1. The Labute approximate surface area is 162 Å². The predicted molar refractivity (Wildman–Crippen MR) is 106 cm³/mol. The van der Waals surface area contributed by atoms with Crippen molar-refractivity contribution in [1.29, 1.82) is 0 Å². The van der Waals surface area contributed by atoms with Gasteiger partial charge in [-0.25, -0.2) is 13.2 Å². The molecule has 0 amide bonds. The standard InChI is InChI=1S/C21H18N2O4S/c1-13-9-14(2)11-16(10-13)28(26,27)20-17-12-15(23-7-3-4-8-23)5-6-18(17)22-19(20)21(24)25/h3-12,22H,1-2H3,(H,24,25). The zero-order valence-electron chi connectivity index (χ0n) is 15.3. The Kier molecular flexibility index (Phi) is 4.12. The third-order valence-corrected chi connectivity index (χ3v) is 6.44. The average molecular weight is 394 g/mol. The van der Waals surface area contributed by atoms with Crippen LogP contribution in [0.4, 0.5) is 0 Å². The highest BCUT2D eigenvalue weighted by Crippen LogP contribution is 2.34. The highest BCUT2D eigenvalue weighted by molar-refractivity contribution is 7.91. The van der Waals surface area contributed by atoms with E-state index in [4.69, 9.17) is 0 Å². The summed E-state index contributed by atoms with van der Waals surface area (Å²) < 4.78 is 28.7. The second-order valence-electron chi connectivity index (χ2n) is 6.78. The molecule has 6 nitrogen and oxygen atoms in total. The van der Waals surface area contributed by atoms with Crippen molar-refractivity contribution in [3.8, 4) is 5.69 Å². The first-order valence-corrected chi connectivity index (χ1v) is 10.1. The van der Waals surface area contributed by atoms with Gasteiger partial charge in [-0.1, -0.05) is 6.07 Å². The van der Waals surface area contributed by atoms with Gasteiger partial charge in [-0.05, 0) is 67.4 Å². The summed E-state index contributed by atoms with van der Waals surface area (Å²) in [6.45, 7) is 3.62. The molecule has 2 N–H and O–H groups in total. The van der Waals surface area contributed by atoms with Crippen molar-refractivity contribution >= 4 is 26.7 Å². The molecule has 142 valence electrons. The number of nitrogens with zero attached hydrogens (tertiary/aromatic N) is 1. The van der Waals surface area contributed by atoms with Gasteiger partial charge in [-0.3, -0.25) is 0 Å². The van der Waals surface area contributed by atoms with Crippen LogP contribution in [0.5, 0.6) is 0 Å². The summed E-state index contributed by atoms with van der Waals surface area (Å²) in [5.41, 5.74) is 2.45. The fourth-order valence-electron chi connectivity index (χ4n) is 3.46. The van der Waals surface area contributed by atoms with Gasteiger partial charge in [-0.15, -0.1) is 0 Å². The van der Waals surface area contributed by atoms with Crippen LogP contribution in [0.2, 0.25) is 0 Å². The molecule has 2 aromatic carbocycles. The van der Waals surface area contributed by atoms with Crippen molar-refractivity contribution in [1.82, 2.24) is 9.55 Å². The second-order valence-corrected chi connectivity index (χ2v) is 8.67. The number of benzene rings is 2. The number of fused-ring (bicyclic) bond motifs is 1. The number of aromatic carboxylic acids is 1. The van der Waals surface area contributed by atoms with Gasteiger partial charge in [0.2, 0.25) is 9.84 Å². The summed E-state index contributed by atoms with van der Waals surface area (Å²) in [5.74, 6) is -1.32. The number of hydrogen-bond acceptors (Lipinski definition) is 3. The van der Waals surface area contributed by atoms with Crippen LogP contribution < -0.4 is 0 Å². The number of carbonyl (C=O) groups is 1. The molecule has 2 aromatic heterocycles. The Morgan fingerprint density at radius 2 is 1.64 bits per heavy atom. The number of aryl methyl sites for hydroxylation is 2. The van der Waals surface area contributed by atoms with Gasteiger partial charge in [-0.2, -0.15) is 0 Å². The molecule has 2 heterocycles. The first-order chi connectivity index (χ1) is 13.3. The number of aromatic amines is 1. The van der Waals surface area contributed by atoms with E-state index in [1.165, 1.54) is 0 Å². The van der Waals surface area contributed by atoms with E-state index in [0.29, 0.717) is 10.9 Å². The van der Waals surface area contributed by atoms with E-state index in [9.17, 15) is 18.3 Å². The number of rotatable bonds is 4. The van der Waals surface area contributed by atoms with E-state index >= 15 is 0 Å². The quantitative estimate of drug-likeness (QED) is 0.545. The highest BCUT2D eigenvalue weighted by Gasteiger charge is 2.30. The maximum absolute atomic E-state index is 13.4. The van der Waals surface area contributed by atoms with Crippen LogP contribution >= 0.6 is 0 Å². The third-order valence-electron chi connectivity index (χ3n) is 4.63. The lowest BCUT2D eigenvalue weighted by Crippen LogP contribution is -2.09. The number of sulfone groups is 1. The van der Waals surface area contributed by atoms with Crippen LogP contribution in [0.3, 0.4) is 0 Å². The van der Waals surface area contributed by atoms with Crippen LogP contribution in [0.15, 0.2) is 70.7 Å². The van der Waals surface area contributed by atoms with Gasteiger partial charge in [0, 0.05) is 29.0 Å². The largest absolute Gasteiger partial charge is 0.477 e. The molecule has 0 spiro atoms. The summed E-state index contributed by atoms with van der Waals surface area (Å²) in [4.78, 5) is 14.4. The lowest BCUT2D eigenvalue weighted by molar-refractivity contribution is 0.0687. The van der Waals surface area contributed by atoms with Crippen molar-refractivity contribution in [3.63, 3.8) is 0 Å². The lowest BCUT2D eigenvalue weighted by atomic mass is 10.2. The Bertz CT molecular complexity index is 1300. The Hall–Kier alpha value is -3.32. The minimum Gasteiger partial charge on any atom is -0.477 e. The summed E-state index contributed by atoms with van der Waals surface area (Å²) in [6, 6.07) is 13.9. The average Bonchev–Trinajstić information content (AvgIpc) is 3.28. The van der Waals surface area contributed by atoms with Crippen molar-refractivity contribution in [2.75, 3.05) is 0 Å². The topological polar surface area (TPSA) is 92.2 Å². The van der Waals surface area contributed by atoms with E-state index < -0.39 is 15.8 Å². The van der Waals surface area contributed by atoms with Crippen molar-refractivity contribution in [3.05, 3.63) is 77.7 Å². The Balaban J connectivity index is 2.04. The van der Waals surface area contributed by atoms with E-state index in [1.54, 1.807) is 30.3 Å². The molecular formula is C21H18N2O4S. The van der Waals surface area contributed by atoms with E-state index in [0.717, 1.165) is 16.8 Å². The molecular weight excluding hydrogens is 376 g/mol. The summed E-state index contributed by atoms with van der Waals surface area (Å²) >= 11 is 0. The van der Waals surface area contributed by atoms with Crippen LogP contribution in [-0.4, -0.2) is 29.0 Å². The summed E-state index contributed by atoms with van der Waals surface area (Å²) in [7, 11) is -4.05. The van der Waals surface area contributed by atoms with Crippen molar-refractivity contribution in [2.24, 2.45) is 0 Å². The maximum atomic E-state index is 13.4. The molecule has 0 radical (unpaired) electrons. The van der Waals surface area contributed by atoms with Gasteiger partial charge >= 0.3 is 5.97 Å². The number of nitrogens with one attached hydrogen (secondary N) is 1. The molecule has 0 saturated heterocycles. The van der Waals surface area contributed by atoms with E-state index in [2.05, 4.69) is 4.98 Å². The molecule has 0 aliphatic rings. The number of aromatic nitrogens is 2. The monoisotopic (exact) mass is 394 g/mol. The van der Waals surface area contributed by atoms with Crippen molar-refractivity contribution < 1.29 is 18.3 Å². The molecule has 0 aliphatic heterocycles. The number of hydrogen-bond donors (Lipinski definition) is 2. The fourth-order valence-corrected chi connectivity index (χ4v) is 5.24. The molecule has 0 fully saturated rings. The zero-order valence-corrected chi connectivity index (χ0v) is 16.1. The maximum Gasteiger partial charge on any atom is 0.353 e. The smallest absolute Gasteiger partial charge is 0.353 e. The van der Waals surface area contributed by atoms with Gasteiger partial charge in [0.05, 0.1) is 4.90 Å². The van der Waals surface area contributed by atoms with E-state index in [1.807, 2.05) is 49.0 Å². The Morgan fingerprint density at radius 1 is 1.00 bits per heavy atom. The summed E-state index contributed by atoms with van der Waals surface area (Å²) in [6.07, 6.45) is 3.67. The Morgan fingerprint density at radius 3 is 2.25 bits per heavy atom. The van der Waals surface area contributed by atoms with Gasteiger partial charge < -0.3 is 14.7 Å². The van der Waals surface area contributed by atoms with Crippen LogP contribution in [0, 0.1) is 13.8 Å². The first-order valence-electron chi connectivity index (χ1n) is 8.63. The number of H-pyrrole nitrogens is 1. The first kappa shape index (κ1) is 18.1. The zero-order chi connectivity index (χ0) is 20.1. The molecule has 0 aliphatic carbocycles. The van der Waals surface area contributed by atoms with Crippen molar-refractivity contribution in [2.45, 2.75) is 23.6 Å². The molecule has 7 heteroatoms. The van der Waals surface area contributed by atoms with Gasteiger partial charge in [0.1, 0.15) is 10.6 Å². The fraction of sp³-hybridized carbons (Fsp3) is 0.0952. The van der Waals surface area contributed by atoms with Crippen LogP contribution in [-0.2, 0) is 9.84 Å². The van der Waals surface area contributed by atoms with Gasteiger partial charge in [0.25, 0.3) is 0 Å². The van der Waals surface area contributed by atoms with E-state index in [-0.39, 0.29) is 15.5 Å². The molecule has 0 unspecified atom stereocenters. The molecule has 28 heavy (non-hydrogen) atoms. The minimum absolute atomic E-state index is 0.0831. The molecule has 4 rings (SSSR count). The second kappa shape index (κ2) is 6.38. The molecule has 0 bridgehead atoms. The highest BCUT2D eigenvalue weighted by atomic mass is 32.2. The lowest BCUT2D eigenvalue weighted by Gasteiger charge is -2.09. The van der Waals surface area contributed by atoms with Crippen LogP contribution in [0.1, 0.15) is 21.6 Å². The molecule has 0 saturated carbocycles. The normalized spacial score (nSPS) is 11.8. The van der Waals surface area contributed by atoms with Gasteiger partial charge in [0.15, 0.2) is 0 Å². The van der Waals surface area contributed by atoms with Crippen LogP contribution in [0.25, 0.3) is 16.6 Å². The number of carboxylic acid groups (broad SMARTS) is 1. The molecule has 4 aromatic rings. The predicted octanol–water partition coefficient (Wildman–Crippen LogP) is 4.11. The third kappa shape index (κ3) is 2.90.